The highest BCUT2D eigenvalue weighted by atomic mass is 32.2. The van der Waals surface area contributed by atoms with Crippen molar-refractivity contribution in [1.29, 1.82) is 5.26 Å². The van der Waals surface area contributed by atoms with Crippen molar-refractivity contribution >= 4 is 23.4 Å². The minimum atomic E-state index is -0.371. The number of para-hydroxylation sites is 1. The number of amides is 1. The summed E-state index contributed by atoms with van der Waals surface area (Å²) in [5, 5.41) is 14.1. The highest BCUT2D eigenvalue weighted by Gasteiger charge is 2.30. The third kappa shape index (κ3) is 4.69. The molecule has 1 aliphatic carbocycles. The summed E-state index contributed by atoms with van der Waals surface area (Å²) in [6, 6.07) is 17.6. The van der Waals surface area contributed by atoms with Crippen LogP contribution in [0.4, 0.5) is 10.1 Å². The van der Waals surface area contributed by atoms with E-state index in [1.165, 1.54) is 28.8 Å². The average Bonchev–Trinajstić information content (AvgIpc) is 3.53. The van der Waals surface area contributed by atoms with Crippen LogP contribution >= 0.6 is 11.8 Å². The van der Waals surface area contributed by atoms with E-state index in [0.717, 1.165) is 24.4 Å². The van der Waals surface area contributed by atoms with Crippen LogP contribution in [0.3, 0.4) is 0 Å². The third-order valence-corrected chi connectivity index (χ3v) is 5.59. The molecule has 0 N–H and O–H groups in total. The zero-order chi connectivity index (χ0) is 20.9. The Hall–Kier alpha value is -3.18. The van der Waals surface area contributed by atoms with E-state index in [2.05, 4.69) is 16.2 Å². The first-order valence-corrected chi connectivity index (χ1v) is 10.7. The summed E-state index contributed by atoms with van der Waals surface area (Å²) < 4.78 is 15.1. The molecule has 152 valence electrons. The molecule has 1 amide bonds. The van der Waals surface area contributed by atoms with E-state index < -0.39 is 0 Å². The van der Waals surface area contributed by atoms with Gasteiger partial charge in [0.15, 0.2) is 0 Å². The van der Waals surface area contributed by atoms with Gasteiger partial charge in [0.1, 0.15) is 11.6 Å². The second-order valence-electron chi connectivity index (χ2n) is 6.99. The molecule has 1 aromatic heterocycles. The Kier molecular flexibility index (Phi) is 6.10. The van der Waals surface area contributed by atoms with Gasteiger partial charge in [-0.1, -0.05) is 30.0 Å². The van der Waals surface area contributed by atoms with Crippen LogP contribution in [0.1, 0.15) is 31.0 Å². The van der Waals surface area contributed by atoms with E-state index in [1.54, 1.807) is 12.1 Å². The number of hydrogen-bond donors (Lipinski definition) is 0. The van der Waals surface area contributed by atoms with E-state index in [9.17, 15) is 9.18 Å². The molecule has 1 heterocycles. The molecule has 0 atom stereocenters. The number of carbonyl (C=O) groups is 1. The molecule has 1 saturated carbocycles. The van der Waals surface area contributed by atoms with Gasteiger partial charge in [-0.3, -0.25) is 4.79 Å². The van der Waals surface area contributed by atoms with Crippen molar-refractivity contribution in [3.63, 3.8) is 0 Å². The van der Waals surface area contributed by atoms with Crippen molar-refractivity contribution < 1.29 is 9.18 Å². The van der Waals surface area contributed by atoms with E-state index >= 15 is 0 Å². The first kappa shape index (κ1) is 20.1. The zero-order valence-corrected chi connectivity index (χ0v) is 17.1. The molecule has 1 aliphatic rings. The molecule has 0 saturated heterocycles. The molecule has 6 nitrogen and oxygen atoms in total. The quantitative estimate of drug-likeness (QED) is 0.506. The first-order chi connectivity index (χ1) is 14.7. The van der Waals surface area contributed by atoms with E-state index in [4.69, 9.17) is 5.26 Å². The number of benzene rings is 2. The topological polar surface area (TPSA) is 74.8 Å². The lowest BCUT2D eigenvalue weighted by Gasteiger charge is -2.21. The predicted molar refractivity (Wildman–Crippen MR) is 113 cm³/mol. The Labute approximate surface area is 178 Å². The number of carbonyl (C=O) groups excluding carboxylic acids is 1. The van der Waals surface area contributed by atoms with Gasteiger partial charge in [0, 0.05) is 18.2 Å². The van der Waals surface area contributed by atoms with Crippen LogP contribution in [-0.4, -0.2) is 33.0 Å². The molecule has 0 aliphatic heterocycles. The molecule has 0 radical (unpaired) electrons. The highest BCUT2D eigenvalue weighted by Crippen LogP contribution is 2.40. The van der Waals surface area contributed by atoms with Crippen molar-refractivity contribution in [3.8, 4) is 11.8 Å². The van der Waals surface area contributed by atoms with Crippen LogP contribution in [0.25, 0.3) is 5.69 Å². The fraction of sp³-hybridized carbons (Fsp3) is 0.273. The summed E-state index contributed by atoms with van der Waals surface area (Å²) in [7, 11) is 0. The molecule has 3 aromatic rings. The second-order valence-corrected chi connectivity index (χ2v) is 7.94. The zero-order valence-electron chi connectivity index (χ0n) is 16.2. The lowest BCUT2D eigenvalue weighted by atomic mass is 10.2. The summed E-state index contributed by atoms with van der Waals surface area (Å²) in [6.07, 6.45) is 2.39. The molecule has 2 aromatic carbocycles. The smallest absolute Gasteiger partial charge is 0.237 e. The van der Waals surface area contributed by atoms with Gasteiger partial charge in [0.25, 0.3) is 0 Å². The highest BCUT2D eigenvalue weighted by molar-refractivity contribution is 7.99. The summed E-state index contributed by atoms with van der Waals surface area (Å²) >= 11 is 1.27. The van der Waals surface area contributed by atoms with Gasteiger partial charge in [-0.25, -0.2) is 14.1 Å². The number of nitriles is 1. The van der Waals surface area contributed by atoms with Crippen molar-refractivity contribution in [3.05, 3.63) is 66.2 Å². The van der Waals surface area contributed by atoms with E-state index in [-0.39, 0.29) is 30.4 Å². The summed E-state index contributed by atoms with van der Waals surface area (Å²) in [6.45, 7) is 0.251. The van der Waals surface area contributed by atoms with Crippen molar-refractivity contribution in [2.75, 3.05) is 17.2 Å². The molecule has 30 heavy (non-hydrogen) atoms. The van der Waals surface area contributed by atoms with Crippen LogP contribution in [0, 0.1) is 17.1 Å². The van der Waals surface area contributed by atoms with Crippen LogP contribution in [0.15, 0.2) is 59.8 Å². The normalized spacial score (nSPS) is 13.1. The van der Waals surface area contributed by atoms with E-state index in [1.807, 2.05) is 35.0 Å². The third-order valence-electron chi connectivity index (χ3n) is 4.77. The number of thioether (sulfide) groups is 1. The number of nitrogens with zero attached hydrogens (tertiary/aromatic N) is 5. The lowest BCUT2D eigenvalue weighted by Crippen LogP contribution is -2.33. The van der Waals surface area contributed by atoms with Gasteiger partial charge >= 0.3 is 0 Å². The standard InChI is InChI=1S/C22H20FN5OS/c23-17-9-11-18(12-10-17)27(14-4-13-24)20(29)15-30-22-25-21(16-7-8-16)28(26-22)19-5-2-1-3-6-19/h1-3,5-6,9-12,16H,4,7-8,14-15H2. The minimum Gasteiger partial charge on any atom is -0.311 e. The number of hydrogen-bond acceptors (Lipinski definition) is 5. The second kappa shape index (κ2) is 9.09. The molecule has 1 fully saturated rings. The maximum absolute atomic E-state index is 13.2. The summed E-state index contributed by atoms with van der Waals surface area (Å²) in [5.74, 6) is 0.922. The molecule has 0 spiro atoms. The maximum Gasteiger partial charge on any atom is 0.237 e. The molecule has 8 heteroatoms. The van der Waals surface area contributed by atoms with Gasteiger partial charge in [0.05, 0.1) is 23.9 Å². The Morgan fingerprint density at radius 3 is 2.60 bits per heavy atom. The largest absolute Gasteiger partial charge is 0.311 e. The minimum absolute atomic E-state index is 0.131. The van der Waals surface area contributed by atoms with Crippen LogP contribution in [-0.2, 0) is 4.79 Å². The van der Waals surface area contributed by atoms with Crippen LogP contribution < -0.4 is 4.90 Å². The van der Waals surface area contributed by atoms with Gasteiger partial charge in [-0.05, 0) is 49.2 Å². The maximum atomic E-state index is 13.2. The SMILES string of the molecule is N#CCCN(C(=O)CSc1nc(C2CC2)n(-c2ccccc2)n1)c1ccc(F)cc1. The Morgan fingerprint density at radius 1 is 1.20 bits per heavy atom. The average molecular weight is 422 g/mol. The van der Waals surface area contributed by atoms with Gasteiger partial charge in [-0.2, -0.15) is 5.26 Å². The lowest BCUT2D eigenvalue weighted by molar-refractivity contribution is -0.116. The van der Waals surface area contributed by atoms with Crippen molar-refractivity contribution in [1.82, 2.24) is 14.8 Å². The fourth-order valence-corrected chi connectivity index (χ4v) is 3.82. The summed E-state index contributed by atoms with van der Waals surface area (Å²) in [4.78, 5) is 19.0. The number of aromatic nitrogens is 3. The number of halogens is 1. The van der Waals surface area contributed by atoms with Gasteiger partial charge < -0.3 is 4.90 Å². The van der Waals surface area contributed by atoms with Gasteiger partial charge in [0.2, 0.25) is 11.1 Å². The van der Waals surface area contributed by atoms with E-state index in [0.29, 0.717) is 16.8 Å². The Bertz CT molecular complexity index is 1060. The van der Waals surface area contributed by atoms with Crippen molar-refractivity contribution in [2.24, 2.45) is 0 Å². The summed E-state index contributed by atoms with van der Waals surface area (Å²) in [5.41, 5.74) is 1.52. The molecular weight excluding hydrogens is 401 g/mol. The fourth-order valence-electron chi connectivity index (χ4n) is 3.12. The predicted octanol–water partition coefficient (Wildman–Crippen LogP) is 4.32. The molecule has 0 bridgehead atoms. The van der Waals surface area contributed by atoms with Crippen LogP contribution in [0.2, 0.25) is 0 Å². The van der Waals surface area contributed by atoms with Crippen LogP contribution in [0.5, 0.6) is 0 Å². The first-order valence-electron chi connectivity index (χ1n) is 9.74. The number of anilines is 1. The monoisotopic (exact) mass is 421 g/mol. The van der Waals surface area contributed by atoms with Crippen molar-refractivity contribution in [2.45, 2.75) is 30.3 Å². The number of rotatable bonds is 8. The van der Waals surface area contributed by atoms with Gasteiger partial charge in [-0.15, -0.1) is 5.10 Å². The Balaban J connectivity index is 1.49. The molecular formula is C22H20FN5OS. The Morgan fingerprint density at radius 2 is 1.93 bits per heavy atom. The molecule has 0 unspecified atom stereocenters. The molecule has 4 rings (SSSR count).